The highest BCUT2D eigenvalue weighted by atomic mass is 127. The predicted molar refractivity (Wildman–Crippen MR) is 54.0 cm³/mol. The van der Waals surface area contributed by atoms with Crippen LogP contribution in [0.25, 0.3) is 0 Å². The molecule has 0 aromatic rings. The van der Waals surface area contributed by atoms with E-state index in [1.807, 2.05) is 0 Å². The van der Waals surface area contributed by atoms with E-state index in [9.17, 15) is 0 Å². The number of alkyl halides is 2. The van der Waals surface area contributed by atoms with Gasteiger partial charge in [0, 0.05) is 7.85 Å². The fourth-order valence-electron chi connectivity index (χ4n) is 0.748. The highest BCUT2D eigenvalue weighted by Gasteiger charge is 2.14. The van der Waals surface area contributed by atoms with E-state index in [1.165, 1.54) is 12.8 Å². The maximum absolute atomic E-state index is 2.52. The van der Waals surface area contributed by atoms with Crippen LogP contribution in [0.2, 0.25) is 0 Å². The van der Waals surface area contributed by atoms with Crippen LogP contribution in [0.15, 0.2) is 12.2 Å². The minimum atomic E-state index is 0.873. The van der Waals surface area contributed by atoms with E-state index in [0.29, 0.717) is 0 Å². The Hall–Kier alpha value is 1.20. The van der Waals surface area contributed by atoms with Crippen LogP contribution in [0, 0.1) is 0 Å². The number of allylic oxidation sites excluding steroid dienone is 2. The number of rotatable bonds is 0. The Morgan fingerprint density at radius 2 is 1.38 bits per heavy atom. The van der Waals surface area contributed by atoms with Gasteiger partial charge in [-0.25, -0.2) is 0 Å². The Morgan fingerprint density at radius 1 is 1.00 bits per heavy atom. The van der Waals surface area contributed by atoms with Crippen LogP contribution in [0.4, 0.5) is 0 Å². The topological polar surface area (TPSA) is 0 Å². The third kappa shape index (κ3) is 1.86. The lowest BCUT2D eigenvalue weighted by atomic mass is 10.1. The molecule has 2 atom stereocenters. The normalized spacial score (nSPS) is 37.8. The van der Waals surface area contributed by atoms with Crippen molar-refractivity contribution in [1.82, 2.24) is 0 Å². The molecule has 1 aliphatic carbocycles. The molecule has 0 aromatic heterocycles. The average Bonchev–Trinajstić information content (AvgIpc) is 1.77. The van der Waals surface area contributed by atoms with Gasteiger partial charge in [0.05, 0.1) is 0 Å². The molecular weight excluding hydrogens is 326 g/mol. The van der Waals surface area contributed by atoms with Gasteiger partial charge in [0.2, 0.25) is 0 Å². The summed E-state index contributed by atoms with van der Waals surface area (Å²) in [6, 6.07) is 0. The first-order chi connectivity index (χ1) is 3.80. The molecule has 0 saturated carbocycles. The van der Waals surface area contributed by atoms with Crippen LogP contribution in [0.5, 0.6) is 0 Å². The molecule has 2 unspecified atom stereocenters. The summed E-state index contributed by atoms with van der Waals surface area (Å²) in [5.41, 5.74) is 0. The predicted octanol–water partition coefficient (Wildman–Crippen LogP) is 2.94. The van der Waals surface area contributed by atoms with E-state index in [1.54, 1.807) is 0 Å². The molecule has 0 amide bonds. The molecule has 2 heteroatoms. The van der Waals surface area contributed by atoms with Gasteiger partial charge in [0.15, 0.2) is 0 Å². The van der Waals surface area contributed by atoms with E-state index >= 15 is 0 Å². The zero-order valence-electron chi connectivity index (χ0n) is 4.48. The molecule has 1 rings (SSSR count). The summed E-state index contributed by atoms with van der Waals surface area (Å²) in [5, 5.41) is 0. The van der Waals surface area contributed by atoms with Crippen LogP contribution in [0.3, 0.4) is 0 Å². The molecular formula is C6H8I2. The van der Waals surface area contributed by atoms with Crippen molar-refractivity contribution in [2.45, 2.75) is 20.7 Å². The van der Waals surface area contributed by atoms with Gasteiger partial charge in [0.25, 0.3) is 0 Å². The zero-order chi connectivity index (χ0) is 5.98. The second-order valence-corrected chi connectivity index (χ2v) is 5.17. The minimum Gasteiger partial charge on any atom is -0.0874 e. The summed E-state index contributed by atoms with van der Waals surface area (Å²) in [6.45, 7) is 0. The Morgan fingerprint density at radius 3 is 1.62 bits per heavy atom. The molecule has 0 aromatic carbocycles. The van der Waals surface area contributed by atoms with Crippen molar-refractivity contribution >= 4 is 45.2 Å². The standard InChI is InChI=1S/C6H8I2/c7-5-3-1-2-4-6(5)8/h1-2,5-6H,3-4H2. The van der Waals surface area contributed by atoms with Crippen LogP contribution in [-0.4, -0.2) is 7.85 Å². The third-order valence-electron chi connectivity index (χ3n) is 1.28. The lowest BCUT2D eigenvalue weighted by Gasteiger charge is -2.16. The number of hydrogen-bond acceptors (Lipinski definition) is 0. The second-order valence-electron chi connectivity index (χ2n) is 1.97. The van der Waals surface area contributed by atoms with E-state index in [0.717, 1.165) is 7.85 Å². The van der Waals surface area contributed by atoms with Crippen molar-refractivity contribution in [2.24, 2.45) is 0 Å². The van der Waals surface area contributed by atoms with Crippen molar-refractivity contribution in [3.63, 3.8) is 0 Å². The highest BCUT2D eigenvalue weighted by Crippen LogP contribution is 2.25. The maximum atomic E-state index is 2.52. The van der Waals surface area contributed by atoms with Gasteiger partial charge in [-0.3, -0.25) is 0 Å². The third-order valence-corrected chi connectivity index (χ3v) is 5.41. The summed E-state index contributed by atoms with van der Waals surface area (Å²) < 4.78 is 1.75. The summed E-state index contributed by atoms with van der Waals surface area (Å²) in [5.74, 6) is 0. The molecule has 0 aliphatic heterocycles. The van der Waals surface area contributed by atoms with Gasteiger partial charge in [0.1, 0.15) is 0 Å². The molecule has 0 saturated heterocycles. The van der Waals surface area contributed by atoms with E-state index in [2.05, 4.69) is 57.3 Å². The van der Waals surface area contributed by atoms with Crippen LogP contribution >= 0.6 is 45.2 Å². The number of halogens is 2. The van der Waals surface area contributed by atoms with E-state index in [4.69, 9.17) is 0 Å². The van der Waals surface area contributed by atoms with Crippen molar-refractivity contribution in [1.29, 1.82) is 0 Å². The summed E-state index contributed by atoms with van der Waals surface area (Å²) in [6.07, 6.45) is 7.11. The average molecular weight is 334 g/mol. The highest BCUT2D eigenvalue weighted by molar-refractivity contribution is 14.1. The zero-order valence-corrected chi connectivity index (χ0v) is 8.79. The summed E-state index contributed by atoms with van der Waals surface area (Å²) in [4.78, 5) is 0. The van der Waals surface area contributed by atoms with Crippen LogP contribution in [0.1, 0.15) is 12.8 Å². The van der Waals surface area contributed by atoms with Gasteiger partial charge in [-0.2, -0.15) is 0 Å². The minimum absolute atomic E-state index is 0.873. The quantitative estimate of drug-likeness (QED) is 0.363. The molecule has 0 radical (unpaired) electrons. The molecule has 1 aliphatic rings. The molecule has 0 fully saturated rings. The largest absolute Gasteiger partial charge is 0.0874 e. The lowest BCUT2D eigenvalue weighted by Crippen LogP contribution is -2.14. The van der Waals surface area contributed by atoms with Crippen molar-refractivity contribution in [3.05, 3.63) is 12.2 Å². The fraction of sp³-hybridized carbons (Fsp3) is 0.667. The lowest BCUT2D eigenvalue weighted by molar-refractivity contribution is 0.814. The Labute approximate surface area is 77.4 Å². The Kier molecular flexibility index (Phi) is 3.10. The monoisotopic (exact) mass is 334 g/mol. The SMILES string of the molecule is IC1CC=CCC1I. The Bertz CT molecular complexity index is 86.7. The molecule has 0 bridgehead atoms. The molecule has 0 nitrogen and oxygen atoms in total. The van der Waals surface area contributed by atoms with Crippen LogP contribution < -0.4 is 0 Å². The molecule has 8 heavy (non-hydrogen) atoms. The summed E-state index contributed by atoms with van der Waals surface area (Å²) in [7, 11) is 0. The van der Waals surface area contributed by atoms with Crippen LogP contribution in [-0.2, 0) is 0 Å². The van der Waals surface area contributed by atoms with Gasteiger partial charge in [-0.05, 0) is 12.8 Å². The van der Waals surface area contributed by atoms with E-state index < -0.39 is 0 Å². The molecule has 0 spiro atoms. The van der Waals surface area contributed by atoms with Gasteiger partial charge < -0.3 is 0 Å². The first-order valence-corrected chi connectivity index (χ1v) is 5.23. The number of hydrogen-bond donors (Lipinski definition) is 0. The second kappa shape index (κ2) is 3.39. The van der Waals surface area contributed by atoms with Gasteiger partial charge in [-0.1, -0.05) is 57.3 Å². The first-order valence-electron chi connectivity index (χ1n) is 2.74. The molecule has 46 valence electrons. The first kappa shape index (κ1) is 7.31. The van der Waals surface area contributed by atoms with Crippen molar-refractivity contribution < 1.29 is 0 Å². The summed E-state index contributed by atoms with van der Waals surface area (Å²) >= 11 is 5.05. The maximum Gasteiger partial charge on any atom is 0.0265 e. The Balaban J connectivity index is 2.44. The van der Waals surface area contributed by atoms with Crippen molar-refractivity contribution in [3.8, 4) is 0 Å². The molecule has 0 heterocycles. The van der Waals surface area contributed by atoms with Crippen molar-refractivity contribution in [2.75, 3.05) is 0 Å². The van der Waals surface area contributed by atoms with Gasteiger partial charge in [-0.15, -0.1) is 0 Å². The van der Waals surface area contributed by atoms with E-state index in [-0.39, 0.29) is 0 Å². The molecule has 0 N–H and O–H groups in total. The smallest absolute Gasteiger partial charge is 0.0265 e. The van der Waals surface area contributed by atoms with Gasteiger partial charge >= 0.3 is 0 Å². The fourth-order valence-corrected chi connectivity index (χ4v) is 1.92.